The van der Waals surface area contributed by atoms with Crippen molar-refractivity contribution in [2.45, 2.75) is 40.2 Å². The Morgan fingerprint density at radius 2 is 1.62 bits per heavy atom. The molecule has 8 nitrogen and oxygen atoms in total. The van der Waals surface area contributed by atoms with Crippen LogP contribution in [0.5, 0.6) is 0 Å². The number of hydrogen-bond acceptors (Lipinski definition) is 5. The standard InChI is InChI=1S/C23H27N5O3.ClH/c1-14(2)31-22(29)15(3)13-17-5-9-19(10-6-17)27-16(4)26-28(23(27)30)20-11-7-18(8-12-20)21(24)25;/h5-12,14-15H,13H2,1-4H3,(H3,24,25);1H. The summed E-state index contributed by atoms with van der Waals surface area (Å²) in [5.74, 6) is 0.0383. The van der Waals surface area contributed by atoms with Crippen LogP contribution in [0.1, 0.15) is 37.7 Å². The number of amidine groups is 1. The first-order chi connectivity index (χ1) is 14.7. The number of carbonyl (C=O) groups is 1. The molecule has 0 saturated heterocycles. The van der Waals surface area contributed by atoms with Crippen LogP contribution in [0.3, 0.4) is 0 Å². The van der Waals surface area contributed by atoms with E-state index in [1.807, 2.05) is 45.0 Å². The van der Waals surface area contributed by atoms with Gasteiger partial charge in [0.15, 0.2) is 0 Å². The average Bonchev–Trinajstić information content (AvgIpc) is 3.02. The molecule has 170 valence electrons. The van der Waals surface area contributed by atoms with E-state index in [-0.39, 0.29) is 41.9 Å². The molecule has 0 saturated carbocycles. The minimum atomic E-state index is -0.297. The van der Waals surface area contributed by atoms with E-state index in [0.29, 0.717) is 29.2 Å². The smallest absolute Gasteiger partial charge is 0.355 e. The average molecular weight is 458 g/mol. The van der Waals surface area contributed by atoms with Gasteiger partial charge in [-0.15, -0.1) is 17.5 Å². The molecular weight excluding hydrogens is 430 g/mol. The number of esters is 1. The predicted octanol–water partition coefficient (Wildman–Crippen LogP) is 3.17. The molecule has 1 atom stereocenters. The molecule has 1 aromatic heterocycles. The van der Waals surface area contributed by atoms with Gasteiger partial charge in [0.2, 0.25) is 0 Å². The van der Waals surface area contributed by atoms with E-state index in [4.69, 9.17) is 15.9 Å². The quantitative estimate of drug-likeness (QED) is 0.321. The van der Waals surface area contributed by atoms with Crippen molar-refractivity contribution >= 4 is 24.2 Å². The summed E-state index contributed by atoms with van der Waals surface area (Å²) in [4.78, 5) is 25.0. The molecule has 0 bridgehead atoms. The molecule has 9 heteroatoms. The molecule has 0 radical (unpaired) electrons. The zero-order valence-electron chi connectivity index (χ0n) is 18.5. The van der Waals surface area contributed by atoms with E-state index in [2.05, 4.69) is 5.10 Å². The number of aromatic nitrogens is 3. The maximum Gasteiger partial charge on any atom is 0.355 e. The molecule has 0 fully saturated rings. The third-order valence-electron chi connectivity index (χ3n) is 4.85. The van der Waals surface area contributed by atoms with Crippen LogP contribution < -0.4 is 11.4 Å². The molecule has 32 heavy (non-hydrogen) atoms. The van der Waals surface area contributed by atoms with E-state index in [1.165, 1.54) is 9.25 Å². The molecule has 0 amide bonds. The third-order valence-corrected chi connectivity index (χ3v) is 4.85. The normalized spacial score (nSPS) is 11.7. The Balaban J connectivity index is 0.00000363. The van der Waals surface area contributed by atoms with Crippen LogP contribution in [0.25, 0.3) is 11.4 Å². The Morgan fingerprint density at radius 1 is 1.06 bits per heavy atom. The second kappa shape index (κ2) is 10.3. The largest absolute Gasteiger partial charge is 0.463 e. The fourth-order valence-electron chi connectivity index (χ4n) is 3.28. The highest BCUT2D eigenvalue weighted by Gasteiger charge is 2.17. The molecule has 3 aromatic rings. The Bertz CT molecular complexity index is 1150. The van der Waals surface area contributed by atoms with Crippen LogP contribution in [0.15, 0.2) is 53.3 Å². The lowest BCUT2D eigenvalue weighted by molar-refractivity contribution is -0.151. The van der Waals surface area contributed by atoms with Gasteiger partial charge in [0.05, 0.1) is 23.4 Å². The first-order valence-electron chi connectivity index (χ1n) is 10.1. The lowest BCUT2D eigenvalue weighted by Crippen LogP contribution is -2.23. The number of benzene rings is 2. The molecule has 1 heterocycles. The number of nitrogens with two attached hydrogens (primary N) is 1. The highest BCUT2D eigenvalue weighted by atomic mass is 35.5. The highest BCUT2D eigenvalue weighted by Crippen LogP contribution is 2.15. The van der Waals surface area contributed by atoms with Gasteiger partial charge in [-0.25, -0.2) is 9.36 Å². The van der Waals surface area contributed by atoms with Gasteiger partial charge in [-0.1, -0.05) is 19.1 Å². The summed E-state index contributed by atoms with van der Waals surface area (Å²) in [6.45, 7) is 7.27. The van der Waals surface area contributed by atoms with Crippen LogP contribution >= 0.6 is 12.4 Å². The number of nitrogens with one attached hydrogen (secondary N) is 1. The topological polar surface area (TPSA) is 116 Å². The van der Waals surface area contributed by atoms with Crippen molar-refractivity contribution < 1.29 is 9.53 Å². The number of nitrogen functional groups attached to an aromatic ring is 1. The zero-order chi connectivity index (χ0) is 22.7. The fourth-order valence-corrected chi connectivity index (χ4v) is 3.28. The number of ether oxygens (including phenoxy) is 1. The van der Waals surface area contributed by atoms with Crippen molar-refractivity contribution in [1.82, 2.24) is 14.3 Å². The van der Waals surface area contributed by atoms with Gasteiger partial charge in [-0.05, 0) is 69.2 Å². The summed E-state index contributed by atoms with van der Waals surface area (Å²) in [5.41, 5.74) is 8.03. The van der Waals surface area contributed by atoms with E-state index in [1.54, 1.807) is 31.2 Å². The fraction of sp³-hybridized carbons (Fsp3) is 0.304. The van der Waals surface area contributed by atoms with Crippen LogP contribution in [-0.2, 0) is 16.0 Å². The SMILES string of the molecule is Cc1nn(-c2ccc(C(=N)N)cc2)c(=O)n1-c1ccc(CC(C)C(=O)OC(C)C)cc1.Cl. The maximum atomic E-state index is 13.0. The van der Waals surface area contributed by atoms with Crippen molar-refractivity contribution in [2.75, 3.05) is 0 Å². The first kappa shape index (κ1) is 24.9. The number of aryl methyl sites for hydroxylation is 1. The van der Waals surface area contributed by atoms with Gasteiger partial charge < -0.3 is 10.5 Å². The molecule has 2 aromatic carbocycles. The van der Waals surface area contributed by atoms with Crippen LogP contribution in [0.4, 0.5) is 0 Å². The van der Waals surface area contributed by atoms with Gasteiger partial charge in [-0.2, -0.15) is 4.68 Å². The third kappa shape index (κ3) is 5.45. The van der Waals surface area contributed by atoms with Gasteiger partial charge in [0.1, 0.15) is 11.7 Å². The van der Waals surface area contributed by atoms with Crippen LogP contribution in [-0.4, -0.2) is 32.3 Å². The monoisotopic (exact) mass is 457 g/mol. The van der Waals surface area contributed by atoms with Crippen molar-refractivity contribution in [3.8, 4) is 11.4 Å². The summed E-state index contributed by atoms with van der Waals surface area (Å²) in [6, 6.07) is 14.3. The van der Waals surface area contributed by atoms with Crippen molar-refractivity contribution in [3.05, 3.63) is 76.0 Å². The molecular formula is C23H28ClN5O3. The lowest BCUT2D eigenvalue weighted by atomic mass is 10.0. The van der Waals surface area contributed by atoms with E-state index < -0.39 is 0 Å². The first-order valence-corrected chi connectivity index (χ1v) is 10.1. The summed E-state index contributed by atoms with van der Waals surface area (Å²) >= 11 is 0. The van der Waals surface area contributed by atoms with Crippen LogP contribution in [0.2, 0.25) is 0 Å². The minimum absolute atomic E-state index is 0. The molecule has 0 aliphatic heterocycles. The van der Waals surface area contributed by atoms with Gasteiger partial charge in [0.25, 0.3) is 0 Å². The van der Waals surface area contributed by atoms with Gasteiger partial charge in [0, 0.05) is 5.56 Å². The van der Waals surface area contributed by atoms with Gasteiger partial charge in [-0.3, -0.25) is 10.2 Å². The molecule has 0 aliphatic rings. The summed E-state index contributed by atoms with van der Waals surface area (Å²) < 4.78 is 8.10. The number of halogens is 1. The molecule has 0 aliphatic carbocycles. The van der Waals surface area contributed by atoms with Crippen molar-refractivity contribution in [1.29, 1.82) is 5.41 Å². The van der Waals surface area contributed by atoms with Crippen molar-refractivity contribution in [2.24, 2.45) is 11.7 Å². The van der Waals surface area contributed by atoms with E-state index in [0.717, 1.165) is 5.56 Å². The number of rotatable bonds is 7. The summed E-state index contributed by atoms with van der Waals surface area (Å²) in [7, 11) is 0. The number of hydrogen-bond donors (Lipinski definition) is 2. The highest BCUT2D eigenvalue weighted by molar-refractivity contribution is 5.95. The maximum absolute atomic E-state index is 13.0. The Kier molecular flexibility index (Phi) is 7.99. The number of carbonyl (C=O) groups excluding carboxylic acids is 1. The number of nitrogens with zero attached hydrogens (tertiary/aromatic N) is 3. The van der Waals surface area contributed by atoms with Crippen LogP contribution in [0, 0.1) is 18.3 Å². The van der Waals surface area contributed by atoms with Gasteiger partial charge >= 0.3 is 11.7 Å². The zero-order valence-corrected chi connectivity index (χ0v) is 19.3. The second-order valence-electron chi connectivity index (χ2n) is 7.79. The molecule has 3 N–H and O–H groups in total. The Labute approximate surface area is 192 Å². The summed E-state index contributed by atoms with van der Waals surface area (Å²) in [6.07, 6.45) is 0.420. The molecule has 1 unspecified atom stereocenters. The Hall–Kier alpha value is -3.39. The second-order valence-corrected chi connectivity index (χ2v) is 7.79. The molecule has 0 spiro atoms. The Morgan fingerprint density at radius 3 is 2.16 bits per heavy atom. The lowest BCUT2D eigenvalue weighted by Gasteiger charge is -2.14. The van der Waals surface area contributed by atoms with E-state index in [9.17, 15) is 9.59 Å². The van der Waals surface area contributed by atoms with Crippen molar-refractivity contribution in [3.63, 3.8) is 0 Å². The molecule has 3 rings (SSSR count). The summed E-state index contributed by atoms with van der Waals surface area (Å²) in [5, 5.41) is 11.9. The minimum Gasteiger partial charge on any atom is -0.463 e. The predicted molar refractivity (Wildman–Crippen MR) is 126 cm³/mol. The van der Waals surface area contributed by atoms with E-state index >= 15 is 0 Å².